The Hall–Kier alpha value is -3.07. The molecule has 4 amide bonds. The first-order valence-electron chi connectivity index (χ1n) is 15.4. The zero-order valence-corrected chi connectivity index (χ0v) is 24.2. The Morgan fingerprint density at radius 3 is 1.79 bits per heavy atom. The minimum Gasteiger partial charge on any atom is -0.456 e. The lowest BCUT2D eigenvalue weighted by atomic mass is 9.81. The number of hydrogen-bond acceptors (Lipinski definition) is 7. The Labute approximate surface area is 249 Å². The van der Waals surface area contributed by atoms with E-state index in [2.05, 4.69) is 0 Å². The highest BCUT2D eigenvalue weighted by atomic mass is 35.5. The van der Waals surface area contributed by atoms with Crippen molar-refractivity contribution in [2.24, 2.45) is 47.3 Å². The van der Waals surface area contributed by atoms with Gasteiger partial charge in [-0.15, -0.1) is 0 Å². The number of ketones is 1. The van der Waals surface area contributed by atoms with Crippen LogP contribution in [0.2, 0.25) is 5.02 Å². The van der Waals surface area contributed by atoms with Crippen LogP contribution in [-0.4, -0.2) is 64.4 Å². The lowest BCUT2D eigenvalue weighted by molar-refractivity contribution is -0.159. The number of rotatable bonds is 10. The van der Waals surface area contributed by atoms with Crippen LogP contribution in [-0.2, 0) is 28.7 Å². The largest absolute Gasteiger partial charge is 0.456 e. The molecule has 222 valence electrons. The number of Topliss-reactive ketones (excluding diaryl/α,β-unsaturated/α-hetero) is 1. The fraction of sp³-hybridized carbons (Fsp3) is 0.625. The zero-order chi connectivity index (χ0) is 29.3. The summed E-state index contributed by atoms with van der Waals surface area (Å²) in [5, 5.41) is 0.474. The number of unbranched alkanes of at least 4 members (excludes halogenated alkanes) is 1. The van der Waals surface area contributed by atoms with E-state index in [0.717, 1.165) is 43.4 Å². The number of imide groups is 2. The van der Waals surface area contributed by atoms with E-state index in [1.807, 2.05) is 0 Å². The lowest BCUT2D eigenvalue weighted by Crippen LogP contribution is -2.47. The van der Waals surface area contributed by atoms with Gasteiger partial charge in [-0.1, -0.05) is 11.6 Å². The normalized spacial score (nSPS) is 34.9. The highest BCUT2D eigenvalue weighted by molar-refractivity contribution is 6.30. The van der Waals surface area contributed by atoms with Crippen LogP contribution in [0.25, 0.3) is 0 Å². The number of nitrogens with zero attached hydrogens (tertiary/aromatic N) is 2. The van der Waals surface area contributed by atoms with Crippen molar-refractivity contribution in [3.63, 3.8) is 0 Å². The number of carbonyl (C=O) groups excluding carboxylic acids is 6. The van der Waals surface area contributed by atoms with Gasteiger partial charge in [-0.2, -0.15) is 0 Å². The molecule has 0 unspecified atom stereocenters. The average Bonchev–Trinajstić information content (AvgIpc) is 3.83. The summed E-state index contributed by atoms with van der Waals surface area (Å²) >= 11 is 5.90. The Balaban J connectivity index is 1.02. The molecule has 6 aliphatic rings. The van der Waals surface area contributed by atoms with Crippen molar-refractivity contribution in [2.45, 2.75) is 63.8 Å². The third-order valence-electron chi connectivity index (χ3n) is 11.2. The van der Waals surface area contributed by atoms with Gasteiger partial charge in [-0.3, -0.25) is 33.8 Å². The topological polar surface area (TPSA) is 118 Å². The predicted octanol–water partition coefficient (Wildman–Crippen LogP) is 3.67. The van der Waals surface area contributed by atoms with Gasteiger partial charge < -0.3 is 4.74 Å². The monoisotopic (exact) mass is 594 g/mol. The Morgan fingerprint density at radius 2 is 1.26 bits per heavy atom. The molecule has 42 heavy (non-hydrogen) atoms. The fourth-order valence-corrected chi connectivity index (χ4v) is 9.47. The summed E-state index contributed by atoms with van der Waals surface area (Å²) in [4.78, 5) is 81.8. The van der Waals surface area contributed by atoms with Gasteiger partial charge in [0.15, 0.2) is 12.4 Å². The fourth-order valence-electron chi connectivity index (χ4n) is 9.34. The van der Waals surface area contributed by atoms with Crippen molar-refractivity contribution in [3.05, 3.63) is 34.9 Å². The predicted molar refractivity (Wildman–Crippen MR) is 149 cm³/mol. The van der Waals surface area contributed by atoms with Gasteiger partial charge in [0.05, 0.1) is 23.7 Å². The van der Waals surface area contributed by atoms with Gasteiger partial charge in [-0.25, -0.2) is 4.79 Å². The SMILES string of the molecule is O=C(COC(=O)[C@H](CCCCN1C(=O)[C@H]2[C@@H]3CC[C@@H](C3)[C@@H]2C1=O)N1C(=O)[C@@H]2[C@@H]3CC[C@@H](C3)[C@@H]2C1=O)c1ccc(Cl)cc1. The average molecular weight is 595 g/mol. The molecule has 6 fully saturated rings. The van der Waals surface area contributed by atoms with Gasteiger partial charge in [0.1, 0.15) is 6.04 Å². The molecule has 0 aromatic heterocycles. The number of benzene rings is 1. The van der Waals surface area contributed by atoms with E-state index in [4.69, 9.17) is 16.3 Å². The van der Waals surface area contributed by atoms with Crippen LogP contribution >= 0.6 is 11.6 Å². The zero-order valence-electron chi connectivity index (χ0n) is 23.4. The summed E-state index contributed by atoms with van der Waals surface area (Å²) in [6, 6.07) is 5.08. The molecule has 0 radical (unpaired) electrons. The first kappa shape index (κ1) is 27.7. The second-order valence-corrected chi connectivity index (χ2v) is 13.6. The number of amides is 4. The summed E-state index contributed by atoms with van der Waals surface area (Å²) in [7, 11) is 0. The first-order valence-corrected chi connectivity index (χ1v) is 15.8. The molecule has 0 N–H and O–H groups in total. The molecule has 9 nitrogen and oxygen atoms in total. The number of ether oxygens (including phenoxy) is 1. The lowest BCUT2D eigenvalue weighted by Gasteiger charge is -2.26. The van der Waals surface area contributed by atoms with Crippen LogP contribution < -0.4 is 0 Å². The number of carbonyl (C=O) groups is 6. The molecule has 2 saturated heterocycles. The van der Waals surface area contributed by atoms with Crippen molar-refractivity contribution in [2.75, 3.05) is 13.2 Å². The van der Waals surface area contributed by atoms with Crippen molar-refractivity contribution in [1.29, 1.82) is 0 Å². The number of esters is 1. The molecule has 1 aromatic carbocycles. The molecule has 2 aliphatic heterocycles. The van der Waals surface area contributed by atoms with Crippen molar-refractivity contribution < 1.29 is 33.5 Å². The molecule has 4 bridgehead atoms. The highest BCUT2D eigenvalue weighted by Gasteiger charge is 2.63. The number of fused-ring (bicyclic) bond motifs is 10. The van der Waals surface area contributed by atoms with Crippen LogP contribution in [0.1, 0.15) is 68.1 Å². The van der Waals surface area contributed by atoms with E-state index in [1.54, 1.807) is 24.3 Å². The number of halogens is 1. The van der Waals surface area contributed by atoms with Crippen molar-refractivity contribution in [1.82, 2.24) is 9.80 Å². The van der Waals surface area contributed by atoms with Gasteiger partial charge in [0, 0.05) is 17.1 Å². The van der Waals surface area contributed by atoms with Gasteiger partial charge >= 0.3 is 5.97 Å². The third-order valence-corrected chi connectivity index (χ3v) is 11.4. The molecule has 1 aromatic rings. The molecule has 0 spiro atoms. The summed E-state index contributed by atoms with van der Waals surface area (Å²) in [6.45, 7) is -0.259. The van der Waals surface area contributed by atoms with Crippen molar-refractivity contribution in [3.8, 4) is 0 Å². The molecule has 4 aliphatic carbocycles. The minimum absolute atomic E-state index is 0.0675. The number of hydrogen-bond donors (Lipinski definition) is 0. The maximum Gasteiger partial charge on any atom is 0.329 e. The highest BCUT2D eigenvalue weighted by Crippen LogP contribution is 2.57. The van der Waals surface area contributed by atoms with E-state index in [9.17, 15) is 28.8 Å². The van der Waals surface area contributed by atoms with E-state index < -0.39 is 24.4 Å². The maximum atomic E-state index is 13.6. The summed E-state index contributed by atoms with van der Waals surface area (Å²) in [5.41, 5.74) is 0.335. The molecular formula is C32H35ClN2O7. The van der Waals surface area contributed by atoms with Crippen LogP contribution in [0.15, 0.2) is 24.3 Å². The van der Waals surface area contributed by atoms with Gasteiger partial charge in [0.25, 0.3) is 0 Å². The first-order chi connectivity index (χ1) is 20.2. The molecule has 4 saturated carbocycles. The van der Waals surface area contributed by atoms with Crippen molar-refractivity contribution >= 4 is 47.0 Å². The smallest absolute Gasteiger partial charge is 0.329 e. The minimum atomic E-state index is -1.15. The molecule has 10 heteroatoms. The van der Waals surface area contributed by atoms with E-state index in [1.165, 1.54) is 4.90 Å². The summed E-state index contributed by atoms with van der Waals surface area (Å²) in [6.07, 6.45) is 6.75. The third kappa shape index (κ3) is 4.33. The quantitative estimate of drug-likeness (QED) is 0.175. The summed E-state index contributed by atoms with van der Waals surface area (Å²) < 4.78 is 5.41. The standard InChI is InChI=1S/C32H35ClN2O7/c33-21-10-8-16(9-11-21)23(36)15-42-32(41)22(35-30(39)26-19-6-7-20(14-19)27(26)31(35)40)3-1-2-12-34-28(37)24-17-4-5-18(13-17)25(24)29(34)38/h8-11,17-20,22,24-27H,1-7,12-15H2/t17-,18+,19-,20+,22-,24-,25-,26-,27+/m0/s1. The van der Waals surface area contributed by atoms with Crippen LogP contribution in [0, 0.1) is 47.3 Å². The Morgan fingerprint density at radius 1 is 0.762 bits per heavy atom. The van der Waals surface area contributed by atoms with Crippen LogP contribution in [0.5, 0.6) is 0 Å². The number of likely N-dealkylation sites (tertiary alicyclic amines) is 2. The van der Waals surface area contributed by atoms with Gasteiger partial charge in [0.2, 0.25) is 23.6 Å². The molecule has 2 heterocycles. The van der Waals surface area contributed by atoms with E-state index in [-0.39, 0.29) is 72.1 Å². The van der Waals surface area contributed by atoms with Gasteiger partial charge in [-0.05, 0) is 106 Å². The maximum absolute atomic E-state index is 13.6. The van der Waals surface area contributed by atoms with E-state index in [0.29, 0.717) is 35.3 Å². The molecule has 7 rings (SSSR count). The Bertz CT molecular complexity index is 1300. The second-order valence-electron chi connectivity index (χ2n) is 13.2. The second kappa shape index (κ2) is 10.6. The van der Waals surface area contributed by atoms with Crippen LogP contribution in [0.4, 0.5) is 0 Å². The summed E-state index contributed by atoms with van der Waals surface area (Å²) in [5.74, 6) is -2.08. The Kier molecular flexibility index (Phi) is 6.99. The molecular weight excluding hydrogens is 560 g/mol. The van der Waals surface area contributed by atoms with Crippen LogP contribution in [0.3, 0.4) is 0 Å². The van der Waals surface area contributed by atoms with E-state index >= 15 is 0 Å². The molecule has 9 atom stereocenters.